The molecule has 1 aliphatic heterocycles. The highest BCUT2D eigenvalue weighted by molar-refractivity contribution is 7.92. The van der Waals surface area contributed by atoms with E-state index in [0.717, 1.165) is 48.6 Å². The van der Waals surface area contributed by atoms with Crippen LogP contribution >= 0.6 is 0 Å². The van der Waals surface area contributed by atoms with Gasteiger partial charge in [-0.1, -0.05) is 49.6 Å². The zero-order valence-corrected chi connectivity index (χ0v) is 28.0. The monoisotopic (exact) mass is 662 g/mol. The van der Waals surface area contributed by atoms with Gasteiger partial charge < -0.3 is 15.2 Å². The second-order valence-electron chi connectivity index (χ2n) is 12.7. The summed E-state index contributed by atoms with van der Waals surface area (Å²) in [7, 11) is -5.08. The molecule has 0 unspecified atom stereocenters. The van der Waals surface area contributed by atoms with Crippen LogP contribution in [-0.2, 0) is 35.8 Å². The number of methoxy groups -OCH3 is 1. The number of hydrogen-bond acceptors (Lipinski definition) is 8. The van der Waals surface area contributed by atoms with Gasteiger partial charge in [0.2, 0.25) is 0 Å². The molecule has 10 nitrogen and oxygen atoms in total. The van der Waals surface area contributed by atoms with Gasteiger partial charge in [-0.2, -0.15) is 0 Å². The lowest BCUT2D eigenvalue weighted by Crippen LogP contribution is -2.42. The molecule has 0 radical (unpaired) electrons. The standard InChI is InChI=1S/C33H46N2O8S2/c1-23-9-7-8-12-28(23)30-17-25(13-14-29(30)32(36)34-31(33(37)38)15-16-44(3,39)40)19-35-20-27(18-26(35)21-43-2)45(41,42)22-24-10-5-4-6-11-24/h7-9,12-14,17,24,26-27,31H,4-6,10-11,15-16,18-22H2,1-3H3,(H,34,36)(H,37,38)/t26-,27-,31+/m1/s1. The van der Waals surface area contributed by atoms with Crippen molar-refractivity contribution in [2.24, 2.45) is 5.92 Å². The third-order valence-corrected chi connectivity index (χ3v) is 12.3. The van der Waals surface area contributed by atoms with Crippen molar-refractivity contribution in [3.05, 3.63) is 59.2 Å². The first-order valence-corrected chi connectivity index (χ1v) is 19.4. The van der Waals surface area contributed by atoms with E-state index in [0.29, 0.717) is 31.7 Å². The summed E-state index contributed by atoms with van der Waals surface area (Å²) in [5.41, 5.74) is 3.47. The Kier molecular flexibility index (Phi) is 11.8. The number of aliphatic carboxylic acids is 1. The van der Waals surface area contributed by atoms with Crippen LogP contribution in [-0.4, -0.2) is 94.1 Å². The molecule has 2 N–H and O–H groups in total. The Balaban J connectivity index is 1.59. The Hall–Kier alpha value is -2.80. The van der Waals surface area contributed by atoms with Crippen molar-refractivity contribution in [1.29, 1.82) is 0 Å². The fourth-order valence-corrected chi connectivity index (χ4v) is 9.48. The number of hydrogen-bond donors (Lipinski definition) is 2. The van der Waals surface area contributed by atoms with Crippen molar-refractivity contribution in [2.45, 2.75) is 75.7 Å². The number of ether oxygens (including phenoxy) is 1. The van der Waals surface area contributed by atoms with Gasteiger partial charge in [-0.05, 0) is 72.9 Å². The van der Waals surface area contributed by atoms with E-state index >= 15 is 0 Å². The van der Waals surface area contributed by atoms with Gasteiger partial charge in [0.05, 0.1) is 23.4 Å². The molecule has 0 spiro atoms. The van der Waals surface area contributed by atoms with E-state index in [1.54, 1.807) is 19.2 Å². The molecule has 1 saturated heterocycles. The number of rotatable bonds is 14. The summed E-state index contributed by atoms with van der Waals surface area (Å²) in [6.45, 7) is 3.19. The Morgan fingerprint density at radius 2 is 1.76 bits per heavy atom. The largest absolute Gasteiger partial charge is 0.480 e. The molecule has 2 aliphatic rings. The lowest BCUT2D eigenvalue weighted by molar-refractivity contribution is -0.139. The maximum atomic E-state index is 13.5. The number of nitrogens with zero attached hydrogens (tertiary/aromatic N) is 1. The number of aryl methyl sites for hydroxylation is 1. The van der Waals surface area contributed by atoms with Gasteiger partial charge in [0, 0.05) is 38.1 Å². The van der Waals surface area contributed by atoms with Crippen LogP contribution in [0, 0.1) is 12.8 Å². The molecular formula is C33H46N2O8S2. The summed E-state index contributed by atoms with van der Waals surface area (Å²) in [6, 6.07) is 11.5. The van der Waals surface area contributed by atoms with Crippen molar-refractivity contribution in [3.8, 4) is 11.1 Å². The number of sulfone groups is 2. The highest BCUT2D eigenvalue weighted by atomic mass is 32.2. The van der Waals surface area contributed by atoms with Crippen molar-refractivity contribution < 1.29 is 36.3 Å². The van der Waals surface area contributed by atoms with Gasteiger partial charge in [-0.15, -0.1) is 0 Å². The molecule has 1 amide bonds. The van der Waals surface area contributed by atoms with E-state index in [2.05, 4.69) is 10.2 Å². The zero-order valence-electron chi connectivity index (χ0n) is 26.4. The molecule has 0 aromatic heterocycles. The molecule has 1 aliphatic carbocycles. The van der Waals surface area contributed by atoms with Crippen LogP contribution in [0.25, 0.3) is 11.1 Å². The average Bonchev–Trinajstić information content (AvgIpc) is 3.38. The molecule has 12 heteroatoms. The fraction of sp³-hybridized carbons (Fsp3) is 0.576. The van der Waals surface area contributed by atoms with Crippen molar-refractivity contribution >= 4 is 31.6 Å². The Labute approximate surface area is 267 Å². The number of benzene rings is 2. The van der Waals surface area contributed by atoms with E-state index in [4.69, 9.17) is 4.74 Å². The fourth-order valence-electron chi connectivity index (χ4n) is 6.62. The number of carboxylic acid groups (broad SMARTS) is 1. The topological polar surface area (TPSA) is 147 Å². The van der Waals surface area contributed by atoms with E-state index in [1.165, 1.54) is 6.42 Å². The van der Waals surface area contributed by atoms with Crippen molar-refractivity contribution in [1.82, 2.24) is 10.2 Å². The Morgan fingerprint density at radius 1 is 1.04 bits per heavy atom. The second-order valence-corrected chi connectivity index (χ2v) is 17.3. The van der Waals surface area contributed by atoms with Gasteiger partial charge in [0.15, 0.2) is 9.84 Å². The number of carboxylic acids is 1. The van der Waals surface area contributed by atoms with Crippen LogP contribution in [0.3, 0.4) is 0 Å². The number of carbonyl (C=O) groups excluding carboxylic acids is 1. The number of carbonyl (C=O) groups is 2. The minimum absolute atomic E-state index is 0.0720. The highest BCUT2D eigenvalue weighted by Crippen LogP contribution is 2.33. The zero-order chi connectivity index (χ0) is 32.8. The number of likely N-dealkylation sites (tertiary alicyclic amines) is 1. The second kappa shape index (κ2) is 15.2. The molecule has 0 bridgehead atoms. The maximum absolute atomic E-state index is 13.5. The summed E-state index contributed by atoms with van der Waals surface area (Å²) in [5, 5.41) is 11.7. The van der Waals surface area contributed by atoms with Crippen LogP contribution in [0.4, 0.5) is 0 Å². The first-order valence-electron chi connectivity index (χ1n) is 15.6. The van der Waals surface area contributed by atoms with E-state index < -0.39 is 42.8 Å². The molecule has 2 aromatic rings. The summed E-state index contributed by atoms with van der Waals surface area (Å²) >= 11 is 0. The third-order valence-electron chi connectivity index (χ3n) is 9.08. The molecule has 4 rings (SSSR count). The average molecular weight is 663 g/mol. The van der Waals surface area contributed by atoms with Crippen molar-refractivity contribution in [2.75, 3.05) is 38.0 Å². The summed E-state index contributed by atoms with van der Waals surface area (Å²) in [4.78, 5) is 27.5. The first kappa shape index (κ1) is 35.1. The van der Waals surface area contributed by atoms with Gasteiger partial charge in [-0.25, -0.2) is 21.6 Å². The van der Waals surface area contributed by atoms with Crippen LogP contribution in [0.2, 0.25) is 0 Å². The summed E-state index contributed by atoms with van der Waals surface area (Å²) < 4.78 is 55.8. The number of nitrogens with one attached hydrogen (secondary N) is 1. The predicted octanol–water partition coefficient (Wildman–Crippen LogP) is 3.86. The molecule has 1 saturated carbocycles. The van der Waals surface area contributed by atoms with E-state index in [-0.39, 0.29) is 35.4 Å². The normalized spacial score (nSPS) is 20.6. The Morgan fingerprint density at radius 3 is 2.40 bits per heavy atom. The minimum atomic E-state index is -3.42. The lowest BCUT2D eigenvalue weighted by atomic mass is 9.91. The van der Waals surface area contributed by atoms with Crippen molar-refractivity contribution in [3.63, 3.8) is 0 Å². The minimum Gasteiger partial charge on any atom is -0.480 e. The molecule has 2 aromatic carbocycles. The molecule has 45 heavy (non-hydrogen) atoms. The first-order chi connectivity index (χ1) is 21.3. The lowest BCUT2D eigenvalue weighted by Gasteiger charge is -2.25. The molecule has 3 atom stereocenters. The third kappa shape index (κ3) is 9.60. The quantitative estimate of drug-likeness (QED) is 0.308. The van der Waals surface area contributed by atoms with E-state index in [1.807, 2.05) is 37.3 Å². The van der Waals surface area contributed by atoms with E-state index in [9.17, 15) is 31.5 Å². The number of amides is 1. The smallest absolute Gasteiger partial charge is 0.326 e. The SMILES string of the molecule is COC[C@H]1C[C@@H](S(=O)(=O)CC2CCCCC2)CN1Cc1ccc(C(=O)N[C@@H](CCS(C)(=O)=O)C(=O)O)c(-c2ccccc2C)c1. The van der Waals surface area contributed by atoms with Gasteiger partial charge >= 0.3 is 5.97 Å². The van der Waals surface area contributed by atoms with Gasteiger partial charge in [-0.3, -0.25) is 9.69 Å². The van der Waals surface area contributed by atoms with Gasteiger partial charge in [0.1, 0.15) is 15.9 Å². The van der Waals surface area contributed by atoms with Crippen LogP contribution in [0.15, 0.2) is 42.5 Å². The van der Waals surface area contributed by atoms with Crippen LogP contribution in [0.5, 0.6) is 0 Å². The van der Waals surface area contributed by atoms with Gasteiger partial charge in [0.25, 0.3) is 5.91 Å². The summed E-state index contributed by atoms with van der Waals surface area (Å²) in [6.07, 6.45) is 6.60. The molecule has 2 fully saturated rings. The molecule has 248 valence electrons. The van der Waals surface area contributed by atoms with Crippen LogP contribution < -0.4 is 5.32 Å². The van der Waals surface area contributed by atoms with Crippen LogP contribution in [0.1, 0.15) is 66.4 Å². The summed E-state index contributed by atoms with van der Waals surface area (Å²) in [5.74, 6) is -1.82. The predicted molar refractivity (Wildman–Crippen MR) is 175 cm³/mol. The Bertz CT molecular complexity index is 1570. The molecule has 1 heterocycles. The molecular weight excluding hydrogens is 617 g/mol. The highest BCUT2D eigenvalue weighted by Gasteiger charge is 2.40. The maximum Gasteiger partial charge on any atom is 0.326 e.